The van der Waals surface area contributed by atoms with Crippen LogP contribution in [-0.4, -0.2) is 0 Å². The van der Waals surface area contributed by atoms with E-state index >= 15 is 0 Å². The third kappa shape index (κ3) is 3.34. The average Bonchev–Trinajstić information content (AvgIpc) is 2.37. The van der Waals surface area contributed by atoms with Gasteiger partial charge in [-0.15, -0.1) is 0 Å². The normalized spacial score (nSPS) is 11.2. The number of halogens is 3. The maximum absolute atomic E-state index is 12.4. The maximum atomic E-state index is 12.4. The van der Waals surface area contributed by atoms with Crippen LogP contribution in [0.4, 0.5) is 30.2 Å². The topological polar surface area (TPSA) is 50.1 Å². The van der Waals surface area contributed by atoms with Crippen molar-refractivity contribution in [3.63, 3.8) is 0 Å². The van der Waals surface area contributed by atoms with Crippen LogP contribution in [0.2, 0.25) is 0 Å². The fourth-order valence-electron chi connectivity index (χ4n) is 1.71. The van der Waals surface area contributed by atoms with Crippen LogP contribution < -0.4 is 16.6 Å². The van der Waals surface area contributed by atoms with Crippen molar-refractivity contribution < 1.29 is 13.2 Å². The summed E-state index contributed by atoms with van der Waals surface area (Å²) in [5.41, 5.74) is 13.7. The van der Waals surface area contributed by atoms with Crippen LogP contribution >= 0.6 is 0 Å². The van der Waals surface area contributed by atoms with E-state index in [1.165, 1.54) is 12.1 Å². The summed E-state index contributed by atoms with van der Waals surface area (Å²) in [4.78, 5) is 0. The predicted octanol–water partition coefficient (Wildman–Crippen LogP) is 4.04. The quantitative estimate of drug-likeness (QED) is 0.588. The molecule has 0 fully saturated rings. The number of nitrogens with one attached hydrogen (secondary N) is 2. The van der Waals surface area contributed by atoms with Gasteiger partial charge in [0.25, 0.3) is 0 Å². The summed E-state index contributed by atoms with van der Waals surface area (Å²) in [6.45, 7) is 1.88. The number of nitrogens with two attached hydrogens (primary N) is 1. The summed E-state index contributed by atoms with van der Waals surface area (Å²) >= 11 is 0. The van der Waals surface area contributed by atoms with Crippen molar-refractivity contribution in [2.45, 2.75) is 13.1 Å². The lowest BCUT2D eigenvalue weighted by atomic mass is 10.2. The van der Waals surface area contributed by atoms with Crippen molar-refractivity contribution in [1.29, 1.82) is 0 Å². The second-order valence-corrected chi connectivity index (χ2v) is 4.40. The zero-order valence-corrected chi connectivity index (χ0v) is 10.8. The number of rotatable bonds is 3. The molecule has 0 unspecified atom stereocenters. The molecule has 6 heteroatoms. The number of benzene rings is 2. The minimum absolute atomic E-state index is 0.536. The molecule has 0 bridgehead atoms. The average molecular weight is 281 g/mol. The summed E-state index contributed by atoms with van der Waals surface area (Å²) in [6.07, 6.45) is -4.32. The van der Waals surface area contributed by atoms with Crippen LogP contribution in [-0.2, 0) is 6.18 Å². The van der Waals surface area contributed by atoms with Crippen LogP contribution in [0.25, 0.3) is 0 Å². The van der Waals surface area contributed by atoms with Crippen molar-refractivity contribution >= 4 is 17.1 Å². The Balaban J connectivity index is 2.04. The molecular weight excluding hydrogens is 267 g/mol. The van der Waals surface area contributed by atoms with E-state index in [1.54, 1.807) is 18.2 Å². The van der Waals surface area contributed by atoms with E-state index in [0.717, 1.165) is 23.4 Å². The first kappa shape index (κ1) is 14.0. The Morgan fingerprint density at radius 2 is 1.60 bits per heavy atom. The number of alkyl halides is 3. The summed E-state index contributed by atoms with van der Waals surface area (Å²) in [6, 6.07) is 10.1. The third-order valence-corrected chi connectivity index (χ3v) is 2.80. The second kappa shape index (κ2) is 5.32. The molecule has 0 heterocycles. The second-order valence-electron chi connectivity index (χ2n) is 4.40. The molecule has 0 aliphatic rings. The van der Waals surface area contributed by atoms with Crippen LogP contribution in [0.15, 0.2) is 42.5 Å². The maximum Gasteiger partial charge on any atom is 0.416 e. The molecule has 0 aromatic heterocycles. The van der Waals surface area contributed by atoms with Crippen LogP contribution in [0, 0.1) is 6.92 Å². The van der Waals surface area contributed by atoms with Gasteiger partial charge in [-0.05, 0) is 55.0 Å². The van der Waals surface area contributed by atoms with Crippen molar-refractivity contribution in [3.8, 4) is 0 Å². The predicted molar refractivity (Wildman–Crippen MR) is 74.3 cm³/mol. The van der Waals surface area contributed by atoms with Crippen molar-refractivity contribution in [2.24, 2.45) is 0 Å². The first-order valence-electron chi connectivity index (χ1n) is 5.92. The Labute approximate surface area is 114 Å². The molecule has 106 valence electrons. The number of nitrogen functional groups attached to an aromatic ring is 1. The zero-order valence-electron chi connectivity index (χ0n) is 10.8. The van der Waals surface area contributed by atoms with Crippen molar-refractivity contribution in [2.75, 3.05) is 16.6 Å². The Morgan fingerprint density at radius 3 is 2.15 bits per heavy atom. The molecule has 0 radical (unpaired) electrons. The Morgan fingerprint density at radius 1 is 0.950 bits per heavy atom. The molecule has 0 saturated heterocycles. The van der Waals surface area contributed by atoms with E-state index in [2.05, 4.69) is 10.9 Å². The van der Waals surface area contributed by atoms with Gasteiger partial charge in [-0.25, -0.2) is 0 Å². The fourth-order valence-corrected chi connectivity index (χ4v) is 1.71. The molecule has 0 atom stereocenters. The van der Waals surface area contributed by atoms with E-state index in [9.17, 15) is 13.2 Å². The first-order chi connectivity index (χ1) is 9.36. The molecule has 20 heavy (non-hydrogen) atoms. The Bertz CT molecular complexity index is 592. The Hall–Kier alpha value is -2.37. The molecule has 0 saturated carbocycles. The molecule has 4 N–H and O–H groups in total. The van der Waals surface area contributed by atoms with E-state index in [4.69, 9.17) is 5.73 Å². The summed E-state index contributed by atoms with van der Waals surface area (Å²) in [5.74, 6) is 0. The van der Waals surface area contributed by atoms with Gasteiger partial charge < -0.3 is 16.6 Å². The van der Waals surface area contributed by atoms with E-state index < -0.39 is 11.7 Å². The van der Waals surface area contributed by atoms with Gasteiger partial charge in [0.2, 0.25) is 0 Å². The van der Waals surface area contributed by atoms with Gasteiger partial charge in [-0.3, -0.25) is 0 Å². The molecule has 2 aromatic carbocycles. The van der Waals surface area contributed by atoms with Gasteiger partial charge in [0, 0.05) is 5.69 Å². The first-order valence-corrected chi connectivity index (χ1v) is 5.92. The molecule has 0 aliphatic carbocycles. The SMILES string of the molecule is Cc1cc(N)ccc1NNc1ccc(C(F)(F)F)cc1. The number of hydrogen-bond acceptors (Lipinski definition) is 3. The highest BCUT2D eigenvalue weighted by Crippen LogP contribution is 2.29. The highest BCUT2D eigenvalue weighted by Gasteiger charge is 2.29. The minimum atomic E-state index is -4.32. The van der Waals surface area contributed by atoms with Crippen molar-refractivity contribution in [1.82, 2.24) is 0 Å². The van der Waals surface area contributed by atoms with E-state index in [1.807, 2.05) is 6.92 Å². The van der Waals surface area contributed by atoms with Crippen LogP contribution in [0.5, 0.6) is 0 Å². The van der Waals surface area contributed by atoms with Gasteiger partial charge in [0.15, 0.2) is 0 Å². The Kier molecular flexibility index (Phi) is 3.74. The minimum Gasteiger partial charge on any atom is -0.399 e. The summed E-state index contributed by atoms with van der Waals surface area (Å²) < 4.78 is 37.2. The number of hydrogen-bond donors (Lipinski definition) is 3. The molecular formula is C14H14F3N3. The number of anilines is 3. The van der Waals surface area contributed by atoms with Crippen LogP contribution in [0.1, 0.15) is 11.1 Å². The molecule has 0 amide bonds. The fraction of sp³-hybridized carbons (Fsp3) is 0.143. The number of hydrazine groups is 1. The highest BCUT2D eigenvalue weighted by atomic mass is 19.4. The van der Waals surface area contributed by atoms with Gasteiger partial charge in [-0.2, -0.15) is 13.2 Å². The summed E-state index contributed by atoms with van der Waals surface area (Å²) in [7, 11) is 0. The lowest BCUT2D eigenvalue weighted by Crippen LogP contribution is -2.10. The highest BCUT2D eigenvalue weighted by molar-refractivity contribution is 5.60. The zero-order chi connectivity index (χ0) is 14.8. The molecule has 2 rings (SSSR count). The monoisotopic (exact) mass is 281 g/mol. The molecule has 0 spiro atoms. The van der Waals surface area contributed by atoms with Crippen molar-refractivity contribution in [3.05, 3.63) is 53.6 Å². The van der Waals surface area contributed by atoms with Crippen LogP contribution in [0.3, 0.4) is 0 Å². The third-order valence-electron chi connectivity index (χ3n) is 2.80. The lowest BCUT2D eigenvalue weighted by molar-refractivity contribution is -0.137. The molecule has 2 aromatic rings. The lowest BCUT2D eigenvalue weighted by Gasteiger charge is -2.13. The summed E-state index contributed by atoms with van der Waals surface area (Å²) in [5, 5.41) is 0. The van der Waals surface area contributed by atoms with E-state index in [-0.39, 0.29) is 0 Å². The standard InChI is InChI=1S/C14H14F3N3/c1-9-8-11(18)4-7-13(9)20-19-12-5-2-10(3-6-12)14(15,16)17/h2-8,19-20H,18H2,1H3. The van der Waals surface area contributed by atoms with Gasteiger partial charge in [0.05, 0.1) is 16.9 Å². The van der Waals surface area contributed by atoms with Gasteiger partial charge in [-0.1, -0.05) is 0 Å². The van der Waals surface area contributed by atoms with Gasteiger partial charge in [0.1, 0.15) is 0 Å². The van der Waals surface area contributed by atoms with E-state index in [0.29, 0.717) is 11.4 Å². The smallest absolute Gasteiger partial charge is 0.399 e. The molecule has 3 nitrogen and oxygen atoms in total. The molecule has 0 aliphatic heterocycles. The largest absolute Gasteiger partial charge is 0.416 e. The van der Waals surface area contributed by atoms with Gasteiger partial charge >= 0.3 is 6.18 Å². The number of aryl methyl sites for hydroxylation is 1.